The Morgan fingerprint density at radius 1 is 1.08 bits per heavy atom. The number of fused-ring (bicyclic) bond motifs is 1. The second-order valence-corrected chi connectivity index (χ2v) is 7.38. The molecule has 25 heavy (non-hydrogen) atoms. The summed E-state index contributed by atoms with van der Waals surface area (Å²) in [6, 6.07) is 11.4. The smallest absolute Gasteiger partial charge is 0.0935 e. The largest absolute Gasteiger partial charge is 0.368 e. The second kappa shape index (κ2) is 8.63. The maximum atomic E-state index is 4.65. The van der Waals surface area contributed by atoms with Crippen LogP contribution in [0, 0.1) is 0 Å². The van der Waals surface area contributed by atoms with Gasteiger partial charge in [-0.15, -0.1) is 0 Å². The molecule has 136 valence electrons. The normalized spacial score (nSPS) is 17.8. The van der Waals surface area contributed by atoms with Crippen LogP contribution in [0.2, 0.25) is 0 Å². The molecule has 1 unspecified atom stereocenters. The van der Waals surface area contributed by atoms with Gasteiger partial charge in [0.25, 0.3) is 0 Å². The third-order valence-corrected chi connectivity index (χ3v) is 5.38. The Morgan fingerprint density at radius 2 is 1.92 bits per heavy atom. The van der Waals surface area contributed by atoms with E-state index in [9.17, 15) is 0 Å². The number of hydrogen-bond donors (Lipinski definition) is 0. The first-order valence-electron chi connectivity index (χ1n) is 9.66. The molecule has 0 bridgehead atoms. The lowest BCUT2D eigenvalue weighted by molar-refractivity contribution is 0.181. The Bertz CT molecular complexity index is 664. The average molecular weight is 341 g/mol. The molecule has 0 spiro atoms. The molecule has 0 N–H and O–H groups in total. The number of para-hydroxylation sites is 1. The van der Waals surface area contributed by atoms with Crippen LogP contribution in [0.4, 0.5) is 5.69 Å². The number of aromatic nitrogens is 1. The summed E-state index contributed by atoms with van der Waals surface area (Å²) < 4.78 is 0. The fraction of sp³-hybridized carbons (Fsp3) is 0.571. The molecule has 0 aliphatic carbocycles. The minimum Gasteiger partial charge on any atom is -0.368 e. The van der Waals surface area contributed by atoms with Crippen molar-refractivity contribution in [3.05, 3.63) is 36.5 Å². The summed E-state index contributed by atoms with van der Waals surface area (Å²) in [4.78, 5) is 12.2. The van der Waals surface area contributed by atoms with Gasteiger partial charge in [-0.05, 0) is 52.0 Å². The first-order chi connectivity index (χ1) is 12.2. The number of nitrogens with zero attached hydrogens (tertiary/aromatic N) is 4. The van der Waals surface area contributed by atoms with Gasteiger partial charge in [0.2, 0.25) is 0 Å². The molecule has 4 heteroatoms. The molecule has 1 fully saturated rings. The molecule has 1 aliphatic heterocycles. The Morgan fingerprint density at radius 3 is 2.72 bits per heavy atom. The second-order valence-electron chi connectivity index (χ2n) is 7.38. The molecular weight excluding hydrogens is 308 g/mol. The zero-order chi connectivity index (χ0) is 17.6. The van der Waals surface area contributed by atoms with Crippen LogP contribution in [-0.2, 0) is 0 Å². The zero-order valence-corrected chi connectivity index (χ0v) is 16.0. The summed E-state index contributed by atoms with van der Waals surface area (Å²) in [5.74, 6) is 0. The molecule has 0 saturated carbocycles. The molecule has 3 rings (SSSR count). The molecule has 2 aromatic rings. The van der Waals surface area contributed by atoms with Crippen molar-refractivity contribution in [2.75, 3.05) is 51.7 Å². The highest BCUT2D eigenvalue weighted by Crippen LogP contribution is 2.26. The summed E-state index contributed by atoms with van der Waals surface area (Å²) in [5.41, 5.74) is 2.43. The van der Waals surface area contributed by atoms with E-state index in [1.54, 1.807) is 0 Å². The number of pyridine rings is 1. The molecule has 1 aromatic carbocycles. The van der Waals surface area contributed by atoms with Gasteiger partial charge in [0.1, 0.15) is 0 Å². The van der Waals surface area contributed by atoms with Crippen LogP contribution in [0.1, 0.15) is 26.2 Å². The summed E-state index contributed by atoms with van der Waals surface area (Å²) in [7, 11) is 4.34. The van der Waals surface area contributed by atoms with Crippen molar-refractivity contribution in [1.29, 1.82) is 0 Å². The van der Waals surface area contributed by atoms with Crippen LogP contribution >= 0.6 is 0 Å². The molecule has 1 aliphatic rings. The summed E-state index contributed by atoms with van der Waals surface area (Å²) >= 11 is 0. The number of benzene rings is 1. The standard InChI is InChI=1S/C21H32N4/c1-4-19(11-15-23(2)3)24-13-7-14-25(17-16-24)20-10-5-8-18-9-6-12-22-21(18)20/h5-6,8-10,12,19H,4,7,11,13-17H2,1-3H3. The van der Waals surface area contributed by atoms with Crippen LogP contribution in [0.15, 0.2) is 36.5 Å². The Kier molecular flexibility index (Phi) is 6.27. The van der Waals surface area contributed by atoms with Gasteiger partial charge >= 0.3 is 0 Å². The zero-order valence-electron chi connectivity index (χ0n) is 16.0. The number of rotatable bonds is 6. The SMILES string of the molecule is CCC(CCN(C)C)N1CCCN(c2cccc3cccnc23)CC1. The molecule has 0 radical (unpaired) electrons. The fourth-order valence-corrected chi connectivity index (χ4v) is 3.94. The lowest BCUT2D eigenvalue weighted by Gasteiger charge is -2.31. The van der Waals surface area contributed by atoms with Crippen molar-refractivity contribution < 1.29 is 0 Å². The van der Waals surface area contributed by atoms with E-state index < -0.39 is 0 Å². The van der Waals surface area contributed by atoms with Crippen LogP contribution < -0.4 is 4.90 Å². The lowest BCUT2D eigenvalue weighted by atomic mass is 10.1. The topological polar surface area (TPSA) is 22.6 Å². The van der Waals surface area contributed by atoms with Crippen molar-refractivity contribution in [3.63, 3.8) is 0 Å². The van der Waals surface area contributed by atoms with Crippen LogP contribution in [0.25, 0.3) is 10.9 Å². The highest BCUT2D eigenvalue weighted by molar-refractivity contribution is 5.90. The van der Waals surface area contributed by atoms with E-state index >= 15 is 0 Å². The highest BCUT2D eigenvalue weighted by atomic mass is 15.2. The molecule has 1 saturated heterocycles. The van der Waals surface area contributed by atoms with Crippen molar-refractivity contribution >= 4 is 16.6 Å². The maximum Gasteiger partial charge on any atom is 0.0935 e. The predicted octanol–water partition coefficient (Wildman–Crippen LogP) is 3.48. The highest BCUT2D eigenvalue weighted by Gasteiger charge is 2.22. The molecule has 1 atom stereocenters. The first-order valence-corrected chi connectivity index (χ1v) is 9.66. The molecule has 0 amide bonds. The van der Waals surface area contributed by atoms with Crippen LogP contribution in [-0.4, -0.2) is 67.6 Å². The molecular formula is C21H32N4. The van der Waals surface area contributed by atoms with Gasteiger partial charge in [0.05, 0.1) is 11.2 Å². The van der Waals surface area contributed by atoms with Crippen molar-refractivity contribution in [1.82, 2.24) is 14.8 Å². The van der Waals surface area contributed by atoms with E-state index in [1.807, 2.05) is 12.3 Å². The van der Waals surface area contributed by atoms with E-state index in [4.69, 9.17) is 0 Å². The fourth-order valence-electron chi connectivity index (χ4n) is 3.94. The van der Waals surface area contributed by atoms with Crippen LogP contribution in [0.3, 0.4) is 0 Å². The minimum atomic E-state index is 0.702. The van der Waals surface area contributed by atoms with E-state index in [2.05, 4.69) is 65.0 Å². The van der Waals surface area contributed by atoms with E-state index in [0.29, 0.717) is 6.04 Å². The lowest BCUT2D eigenvalue weighted by Crippen LogP contribution is -2.39. The molecule has 2 heterocycles. The first kappa shape index (κ1) is 18.2. The van der Waals surface area contributed by atoms with E-state index in [-0.39, 0.29) is 0 Å². The van der Waals surface area contributed by atoms with Gasteiger partial charge in [-0.2, -0.15) is 0 Å². The predicted molar refractivity (Wildman–Crippen MR) is 107 cm³/mol. The monoisotopic (exact) mass is 340 g/mol. The van der Waals surface area contributed by atoms with Gasteiger partial charge in [-0.1, -0.05) is 25.1 Å². The maximum absolute atomic E-state index is 4.65. The molecule has 1 aromatic heterocycles. The minimum absolute atomic E-state index is 0.702. The summed E-state index contributed by atoms with van der Waals surface area (Å²) in [5, 5.41) is 1.23. The van der Waals surface area contributed by atoms with Gasteiger partial charge in [0.15, 0.2) is 0 Å². The van der Waals surface area contributed by atoms with Gasteiger partial charge < -0.3 is 9.80 Å². The number of hydrogen-bond acceptors (Lipinski definition) is 4. The van der Waals surface area contributed by atoms with Crippen molar-refractivity contribution in [2.45, 2.75) is 32.2 Å². The van der Waals surface area contributed by atoms with Crippen molar-refractivity contribution in [2.24, 2.45) is 0 Å². The summed E-state index contributed by atoms with van der Waals surface area (Å²) in [6.45, 7) is 8.07. The Labute approximate surface area is 152 Å². The van der Waals surface area contributed by atoms with Gasteiger partial charge in [0, 0.05) is 43.8 Å². The quantitative estimate of drug-likeness (QED) is 0.803. The van der Waals surface area contributed by atoms with Gasteiger partial charge in [-0.25, -0.2) is 0 Å². The van der Waals surface area contributed by atoms with E-state index in [1.165, 1.54) is 43.4 Å². The van der Waals surface area contributed by atoms with Gasteiger partial charge in [-0.3, -0.25) is 9.88 Å². The third-order valence-electron chi connectivity index (χ3n) is 5.38. The number of anilines is 1. The Hall–Kier alpha value is -1.65. The summed E-state index contributed by atoms with van der Waals surface area (Å²) in [6.07, 6.45) is 5.63. The third kappa shape index (κ3) is 4.50. The average Bonchev–Trinajstić information content (AvgIpc) is 2.88. The molecule has 4 nitrogen and oxygen atoms in total. The van der Waals surface area contributed by atoms with Crippen LogP contribution in [0.5, 0.6) is 0 Å². The van der Waals surface area contributed by atoms with Crippen molar-refractivity contribution in [3.8, 4) is 0 Å². The van der Waals surface area contributed by atoms with E-state index in [0.717, 1.165) is 25.2 Å². The Balaban J connectivity index is 1.70.